The molecule has 10 heteroatoms. The van der Waals surface area contributed by atoms with Crippen LogP contribution in [0.4, 0.5) is 0 Å². The van der Waals surface area contributed by atoms with Gasteiger partial charge in [0.15, 0.2) is 23.7 Å². The Balaban J connectivity index is 1.34. The first-order valence-corrected chi connectivity index (χ1v) is 11.2. The van der Waals surface area contributed by atoms with E-state index in [0.29, 0.717) is 44.0 Å². The molecule has 0 bridgehead atoms. The summed E-state index contributed by atoms with van der Waals surface area (Å²) in [5.74, 6) is 0.106. The number of hydrogen-bond donors (Lipinski definition) is 2. The van der Waals surface area contributed by atoms with E-state index in [1.807, 2.05) is 30.0 Å². The van der Waals surface area contributed by atoms with E-state index in [0.717, 1.165) is 25.2 Å². The number of carbonyl (C=O) groups is 3. The molecule has 0 aliphatic carbocycles. The second-order valence-electron chi connectivity index (χ2n) is 8.55. The lowest BCUT2D eigenvalue weighted by Gasteiger charge is -2.35. The summed E-state index contributed by atoms with van der Waals surface area (Å²) < 4.78 is 15.5. The van der Waals surface area contributed by atoms with E-state index >= 15 is 0 Å². The fourth-order valence-electron chi connectivity index (χ4n) is 3.96. The number of rotatable bonds is 11. The fraction of sp³-hybridized carbons (Fsp3) is 0.609. The first-order chi connectivity index (χ1) is 15.8. The molecule has 3 rings (SSSR count). The zero-order valence-electron chi connectivity index (χ0n) is 19.4. The summed E-state index contributed by atoms with van der Waals surface area (Å²) in [5, 5.41) is 11.5. The van der Waals surface area contributed by atoms with Crippen molar-refractivity contribution in [3.8, 4) is 11.5 Å². The van der Waals surface area contributed by atoms with Crippen molar-refractivity contribution in [2.45, 2.75) is 38.5 Å². The summed E-state index contributed by atoms with van der Waals surface area (Å²) in [4.78, 5) is 39.4. The summed E-state index contributed by atoms with van der Waals surface area (Å²) in [6.45, 7) is 6.12. The van der Waals surface area contributed by atoms with E-state index < -0.39 is 24.1 Å². The summed E-state index contributed by atoms with van der Waals surface area (Å²) in [6.07, 6.45) is -0.867. The van der Waals surface area contributed by atoms with Crippen LogP contribution in [0.1, 0.15) is 25.3 Å². The molecule has 182 valence electrons. The van der Waals surface area contributed by atoms with Gasteiger partial charge in [-0.15, -0.1) is 0 Å². The highest BCUT2D eigenvalue weighted by Gasteiger charge is 2.50. The van der Waals surface area contributed by atoms with E-state index in [1.165, 1.54) is 0 Å². The first kappa shape index (κ1) is 24.8. The summed E-state index contributed by atoms with van der Waals surface area (Å²) in [5.41, 5.74) is 1.13. The van der Waals surface area contributed by atoms with E-state index in [1.54, 1.807) is 14.2 Å². The van der Waals surface area contributed by atoms with Gasteiger partial charge in [0.05, 0.1) is 14.2 Å². The quantitative estimate of drug-likeness (QED) is 0.461. The molecule has 2 fully saturated rings. The minimum atomic E-state index is -1.13. The molecule has 10 nitrogen and oxygen atoms in total. The van der Waals surface area contributed by atoms with E-state index in [9.17, 15) is 14.4 Å². The highest BCUT2D eigenvalue weighted by Crippen LogP contribution is 2.28. The fourth-order valence-corrected chi connectivity index (χ4v) is 3.96. The number of carbonyl (C=O) groups excluding carboxylic acids is 2. The molecule has 2 saturated heterocycles. The molecule has 33 heavy (non-hydrogen) atoms. The zero-order valence-corrected chi connectivity index (χ0v) is 19.4. The van der Waals surface area contributed by atoms with Gasteiger partial charge in [0.1, 0.15) is 0 Å². The molecular weight excluding hydrogens is 430 g/mol. The van der Waals surface area contributed by atoms with Gasteiger partial charge in [-0.25, -0.2) is 4.79 Å². The number of benzene rings is 1. The normalized spacial score (nSPS) is 21.2. The van der Waals surface area contributed by atoms with Gasteiger partial charge in [-0.3, -0.25) is 14.5 Å². The van der Waals surface area contributed by atoms with Crippen LogP contribution in [0.2, 0.25) is 0 Å². The van der Waals surface area contributed by atoms with Crippen LogP contribution >= 0.6 is 0 Å². The number of piperazine rings is 1. The minimum Gasteiger partial charge on any atom is -0.493 e. The van der Waals surface area contributed by atoms with Gasteiger partial charge in [-0.2, -0.15) is 0 Å². The van der Waals surface area contributed by atoms with Crippen LogP contribution < -0.4 is 14.8 Å². The Morgan fingerprint density at radius 2 is 1.82 bits per heavy atom. The molecule has 2 N–H and O–H groups in total. The third-order valence-corrected chi connectivity index (χ3v) is 6.03. The van der Waals surface area contributed by atoms with Crippen LogP contribution in [-0.4, -0.2) is 91.8 Å². The molecule has 2 aliphatic heterocycles. The summed E-state index contributed by atoms with van der Waals surface area (Å²) in [7, 11) is 3.24. The van der Waals surface area contributed by atoms with Crippen molar-refractivity contribution in [2.24, 2.45) is 5.92 Å². The van der Waals surface area contributed by atoms with E-state index in [-0.39, 0.29) is 11.8 Å². The lowest BCUT2D eigenvalue weighted by molar-refractivity contribution is -0.138. The third kappa shape index (κ3) is 6.82. The lowest BCUT2D eigenvalue weighted by atomic mass is 10.0. The smallest absolute Gasteiger partial charge is 0.336 e. The van der Waals surface area contributed by atoms with Gasteiger partial charge in [-0.05, 0) is 30.0 Å². The van der Waals surface area contributed by atoms with Gasteiger partial charge in [-0.1, -0.05) is 13.0 Å². The number of epoxide rings is 1. The van der Waals surface area contributed by atoms with Gasteiger partial charge in [0.2, 0.25) is 5.91 Å². The molecule has 3 unspecified atom stereocenters. The van der Waals surface area contributed by atoms with Crippen LogP contribution in [0.5, 0.6) is 11.5 Å². The predicted molar refractivity (Wildman–Crippen MR) is 119 cm³/mol. The van der Waals surface area contributed by atoms with Crippen LogP contribution in [0.25, 0.3) is 0 Å². The Morgan fingerprint density at radius 1 is 1.12 bits per heavy atom. The standard InChI is InChI=1S/C23H33N3O7/c1-15(6-7-24-22(28)20-21(33-20)23(29)30)12-19(27)26-10-8-25(9-11-26)14-16-4-5-17(31-2)18(13-16)32-3/h4-5,13,15,20-21H,6-12,14H2,1-3H3,(H,24,28)(H,29,30). The van der Waals surface area contributed by atoms with Crippen LogP contribution in [-0.2, 0) is 25.7 Å². The Bertz CT molecular complexity index is 854. The largest absolute Gasteiger partial charge is 0.493 e. The predicted octanol–water partition coefficient (Wildman–Crippen LogP) is 0.733. The molecule has 0 radical (unpaired) electrons. The van der Waals surface area contributed by atoms with Crippen molar-refractivity contribution in [3.63, 3.8) is 0 Å². The van der Waals surface area contributed by atoms with Crippen LogP contribution in [0.3, 0.4) is 0 Å². The average Bonchev–Trinajstić information content (AvgIpc) is 3.61. The summed E-state index contributed by atoms with van der Waals surface area (Å²) in [6, 6.07) is 5.91. The first-order valence-electron chi connectivity index (χ1n) is 11.2. The third-order valence-electron chi connectivity index (χ3n) is 6.03. The number of amides is 2. The van der Waals surface area contributed by atoms with Crippen molar-refractivity contribution in [1.82, 2.24) is 15.1 Å². The molecule has 1 aromatic rings. The molecule has 0 spiro atoms. The van der Waals surface area contributed by atoms with Crippen molar-refractivity contribution < 1.29 is 33.7 Å². The van der Waals surface area contributed by atoms with Crippen molar-refractivity contribution in [2.75, 3.05) is 46.9 Å². The number of hydrogen-bond acceptors (Lipinski definition) is 7. The molecule has 2 heterocycles. The van der Waals surface area contributed by atoms with Crippen molar-refractivity contribution in [1.29, 1.82) is 0 Å². The van der Waals surface area contributed by atoms with Crippen molar-refractivity contribution >= 4 is 17.8 Å². The molecular formula is C23H33N3O7. The second-order valence-corrected chi connectivity index (χ2v) is 8.55. The molecule has 1 aromatic carbocycles. The number of carboxylic acid groups (broad SMARTS) is 1. The van der Waals surface area contributed by atoms with Gasteiger partial charge in [0.25, 0.3) is 5.91 Å². The SMILES string of the molecule is COc1ccc(CN2CCN(C(=O)CC(C)CCNC(=O)C3OC3C(=O)O)CC2)cc1OC. The Hall–Kier alpha value is -2.85. The monoisotopic (exact) mass is 463 g/mol. The topological polar surface area (TPSA) is 121 Å². The number of carboxylic acids is 1. The maximum Gasteiger partial charge on any atom is 0.336 e. The average molecular weight is 464 g/mol. The molecule has 0 saturated carbocycles. The Morgan fingerprint density at radius 3 is 2.42 bits per heavy atom. The minimum absolute atomic E-state index is 0.109. The van der Waals surface area contributed by atoms with E-state index in [4.69, 9.17) is 19.3 Å². The second kappa shape index (κ2) is 11.3. The van der Waals surface area contributed by atoms with Gasteiger partial charge < -0.3 is 29.5 Å². The highest BCUT2D eigenvalue weighted by atomic mass is 16.6. The van der Waals surface area contributed by atoms with Crippen LogP contribution in [0, 0.1) is 5.92 Å². The maximum absolute atomic E-state index is 12.7. The number of aliphatic carboxylic acids is 1. The molecule has 0 aromatic heterocycles. The van der Waals surface area contributed by atoms with Crippen molar-refractivity contribution in [3.05, 3.63) is 23.8 Å². The molecule has 2 aliphatic rings. The number of methoxy groups -OCH3 is 2. The number of ether oxygens (including phenoxy) is 3. The number of nitrogens with zero attached hydrogens (tertiary/aromatic N) is 2. The van der Waals surface area contributed by atoms with E-state index in [2.05, 4.69) is 10.2 Å². The zero-order chi connectivity index (χ0) is 24.0. The Kier molecular flexibility index (Phi) is 8.51. The Labute approximate surface area is 193 Å². The van der Waals surface area contributed by atoms with Gasteiger partial charge >= 0.3 is 5.97 Å². The maximum atomic E-state index is 12.7. The molecule has 3 atom stereocenters. The highest BCUT2D eigenvalue weighted by molar-refractivity contribution is 5.92. The summed E-state index contributed by atoms with van der Waals surface area (Å²) >= 11 is 0. The lowest BCUT2D eigenvalue weighted by Crippen LogP contribution is -2.48. The number of nitrogens with one attached hydrogen (secondary N) is 1. The van der Waals surface area contributed by atoms with Crippen LogP contribution in [0.15, 0.2) is 18.2 Å². The van der Waals surface area contributed by atoms with Gasteiger partial charge in [0, 0.05) is 45.7 Å². The molecule has 2 amide bonds.